The van der Waals surface area contributed by atoms with Crippen molar-refractivity contribution in [1.82, 2.24) is 14.6 Å². The number of carbonyl (C=O) groups excluding carboxylic acids is 1. The van der Waals surface area contributed by atoms with Crippen LogP contribution in [-0.4, -0.2) is 33.5 Å². The first kappa shape index (κ1) is 20.8. The van der Waals surface area contributed by atoms with Gasteiger partial charge in [0.2, 0.25) is 0 Å². The van der Waals surface area contributed by atoms with Crippen molar-refractivity contribution in [2.45, 2.75) is 6.54 Å². The first-order valence-electron chi connectivity index (χ1n) is 10.4. The summed E-state index contributed by atoms with van der Waals surface area (Å²) in [5, 5.41) is 23.0. The molecule has 162 valence electrons. The Morgan fingerprint density at radius 3 is 2.79 bits per heavy atom. The molecule has 0 atom stereocenters. The van der Waals surface area contributed by atoms with Crippen LogP contribution in [0.25, 0.3) is 16.9 Å². The molecule has 2 aromatic carbocycles. The van der Waals surface area contributed by atoms with Gasteiger partial charge in [-0.15, -0.1) is 11.3 Å². The SMILES string of the molecule is Bc1cnn2c(NCc3cccc(NC(=O)c4cccs4)c3)cc(-c3ccccc3O)nc12. The van der Waals surface area contributed by atoms with E-state index in [2.05, 4.69) is 15.7 Å². The zero-order valence-electron chi connectivity index (χ0n) is 17.8. The van der Waals surface area contributed by atoms with Gasteiger partial charge in [0.05, 0.1) is 10.6 Å². The van der Waals surface area contributed by atoms with Gasteiger partial charge in [0.1, 0.15) is 19.4 Å². The van der Waals surface area contributed by atoms with Gasteiger partial charge in [-0.1, -0.05) is 30.3 Å². The third-order valence-corrected chi connectivity index (χ3v) is 6.10. The number of nitrogens with one attached hydrogen (secondary N) is 2. The van der Waals surface area contributed by atoms with Crippen LogP contribution in [0.15, 0.2) is 78.3 Å². The van der Waals surface area contributed by atoms with Crippen LogP contribution in [0.2, 0.25) is 0 Å². The van der Waals surface area contributed by atoms with Crippen LogP contribution in [-0.2, 0) is 6.54 Å². The zero-order valence-corrected chi connectivity index (χ0v) is 18.6. The fraction of sp³-hybridized carbons (Fsp3) is 0.0417. The van der Waals surface area contributed by atoms with E-state index in [1.54, 1.807) is 28.9 Å². The second kappa shape index (κ2) is 8.80. The van der Waals surface area contributed by atoms with Gasteiger partial charge in [-0.2, -0.15) is 9.61 Å². The minimum Gasteiger partial charge on any atom is -0.507 e. The molecule has 7 nitrogen and oxygen atoms in total. The predicted octanol–water partition coefficient (Wildman–Crippen LogP) is 3.29. The molecule has 0 aliphatic heterocycles. The molecule has 1 amide bonds. The average molecular weight is 453 g/mol. The van der Waals surface area contributed by atoms with Crippen molar-refractivity contribution in [1.29, 1.82) is 0 Å². The molecule has 0 saturated carbocycles. The largest absolute Gasteiger partial charge is 0.507 e. The van der Waals surface area contributed by atoms with Gasteiger partial charge in [-0.25, -0.2) is 4.98 Å². The number of rotatable bonds is 6. The van der Waals surface area contributed by atoms with E-state index in [1.165, 1.54) is 11.3 Å². The second-order valence-corrected chi connectivity index (χ2v) is 8.54. The summed E-state index contributed by atoms with van der Waals surface area (Å²) in [6.07, 6.45) is 1.77. The molecule has 0 unspecified atom stereocenters. The first-order chi connectivity index (χ1) is 16.1. The van der Waals surface area contributed by atoms with Crippen molar-refractivity contribution < 1.29 is 9.90 Å². The molecule has 0 aliphatic rings. The number of thiophene rings is 1. The molecule has 3 N–H and O–H groups in total. The lowest BCUT2D eigenvalue weighted by Crippen LogP contribution is -2.11. The second-order valence-electron chi connectivity index (χ2n) is 7.59. The van der Waals surface area contributed by atoms with Crippen molar-refractivity contribution in [2.24, 2.45) is 0 Å². The third kappa shape index (κ3) is 4.31. The Balaban J connectivity index is 1.41. The van der Waals surface area contributed by atoms with Crippen molar-refractivity contribution in [3.05, 3.63) is 88.7 Å². The van der Waals surface area contributed by atoms with Gasteiger partial charge >= 0.3 is 0 Å². The van der Waals surface area contributed by atoms with Crippen molar-refractivity contribution in [2.75, 3.05) is 10.6 Å². The van der Waals surface area contributed by atoms with Gasteiger partial charge < -0.3 is 15.7 Å². The maximum Gasteiger partial charge on any atom is 0.265 e. The number of nitrogens with zero attached hydrogens (tertiary/aromatic N) is 3. The van der Waals surface area contributed by atoms with Crippen LogP contribution in [0.3, 0.4) is 0 Å². The first-order valence-corrected chi connectivity index (χ1v) is 11.3. The van der Waals surface area contributed by atoms with E-state index in [4.69, 9.17) is 4.98 Å². The van der Waals surface area contributed by atoms with E-state index in [0.717, 1.165) is 28.2 Å². The lowest BCUT2D eigenvalue weighted by Gasteiger charge is -2.13. The lowest BCUT2D eigenvalue weighted by molar-refractivity contribution is 0.103. The maximum absolute atomic E-state index is 12.4. The van der Waals surface area contributed by atoms with Crippen LogP contribution in [0.5, 0.6) is 5.75 Å². The Labute approximate surface area is 195 Å². The highest BCUT2D eigenvalue weighted by Gasteiger charge is 2.13. The average Bonchev–Trinajstić information content (AvgIpc) is 3.49. The van der Waals surface area contributed by atoms with Crippen LogP contribution in [0, 0.1) is 0 Å². The number of amides is 1. The monoisotopic (exact) mass is 453 g/mol. The van der Waals surface area contributed by atoms with Crippen molar-refractivity contribution >= 4 is 47.7 Å². The molecule has 33 heavy (non-hydrogen) atoms. The maximum atomic E-state index is 12.4. The highest BCUT2D eigenvalue weighted by molar-refractivity contribution is 7.12. The molecule has 5 rings (SSSR count). The van der Waals surface area contributed by atoms with Gasteiger partial charge in [0, 0.05) is 30.1 Å². The Morgan fingerprint density at radius 2 is 1.97 bits per heavy atom. The molecule has 3 aromatic heterocycles. The smallest absolute Gasteiger partial charge is 0.265 e. The number of para-hydroxylation sites is 1. The molecular formula is C24H20BN5O2S. The molecule has 0 bridgehead atoms. The Hall–Kier alpha value is -4.11. The number of fused-ring (bicyclic) bond motifs is 1. The molecule has 0 spiro atoms. The molecule has 3 heterocycles. The topological polar surface area (TPSA) is 91.5 Å². The van der Waals surface area contributed by atoms with Crippen LogP contribution in [0.1, 0.15) is 15.2 Å². The number of aromatic nitrogens is 3. The fourth-order valence-corrected chi connectivity index (χ4v) is 4.20. The van der Waals surface area contributed by atoms with Crippen molar-refractivity contribution in [3.63, 3.8) is 0 Å². The normalized spacial score (nSPS) is 10.9. The number of aromatic hydroxyl groups is 1. The van der Waals surface area contributed by atoms with E-state index in [1.807, 2.05) is 61.8 Å². The number of anilines is 2. The number of hydrogen-bond donors (Lipinski definition) is 3. The number of hydrogen-bond acceptors (Lipinski definition) is 6. The summed E-state index contributed by atoms with van der Waals surface area (Å²) in [6, 6.07) is 20.4. The van der Waals surface area contributed by atoms with Crippen LogP contribution in [0.4, 0.5) is 11.5 Å². The standard InChI is InChI=1S/C24H20BN5O2S/c25-18-14-27-30-22(12-19(29-23(18)30)17-7-1-2-8-20(17)31)26-13-15-5-3-6-16(11-15)28-24(32)21-9-4-10-33-21/h1-12,14,26,31H,13,25H2,(H,28,32). The summed E-state index contributed by atoms with van der Waals surface area (Å²) in [5.74, 6) is 0.802. The molecule has 9 heteroatoms. The van der Waals surface area contributed by atoms with Crippen LogP contribution >= 0.6 is 11.3 Å². The molecule has 5 aromatic rings. The number of carbonyl (C=O) groups is 1. The van der Waals surface area contributed by atoms with Gasteiger partial charge in [0.15, 0.2) is 5.65 Å². The fourth-order valence-electron chi connectivity index (χ4n) is 3.58. The van der Waals surface area contributed by atoms with Crippen molar-refractivity contribution in [3.8, 4) is 17.0 Å². The summed E-state index contributed by atoms with van der Waals surface area (Å²) >= 11 is 1.41. The molecule has 0 aliphatic carbocycles. The Morgan fingerprint density at radius 1 is 1.09 bits per heavy atom. The van der Waals surface area contributed by atoms with E-state index in [-0.39, 0.29) is 11.7 Å². The Bertz CT molecular complexity index is 1450. The molecule has 0 radical (unpaired) electrons. The summed E-state index contributed by atoms with van der Waals surface area (Å²) in [7, 11) is 1.95. The van der Waals surface area contributed by atoms with E-state index >= 15 is 0 Å². The number of phenols is 1. The number of phenolic OH excluding ortho intramolecular Hbond substituents is 1. The molecule has 0 fully saturated rings. The lowest BCUT2D eigenvalue weighted by atomic mass is 10.0. The summed E-state index contributed by atoms with van der Waals surface area (Å²) in [5.41, 5.74) is 4.70. The summed E-state index contributed by atoms with van der Waals surface area (Å²) in [4.78, 5) is 17.7. The van der Waals surface area contributed by atoms with Gasteiger partial charge in [-0.3, -0.25) is 4.79 Å². The van der Waals surface area contributed by atoms with E-state index < -0.39 is 0 Å². The van der Waals surface area contributed by atoms with Crippen LogP contribution < -0.4 is 16.1 Å². The molecular weight excluding hydrogens is 433 g/mol. The Kier molecular flexibility index (Phi) is 5.54. The van der Waals surface area contributed by atoms with E-state index in [9.17, 15) is 9.90 Å². The summed E-state index contributed by atoms with van der Waals surface area (Å²) in [6.45, 7) is 0.515. The minimum absolute atomic E-state index is 0.120. The van der Waals surface area contributed by atoms with E-state index in [0.29, 0.717) is 22.7 Å². The van der Waals surface area contributed by atoms with Gasteiger partial charge in [0.25, 0.3) is 5.91 Å². The third-order valence-electron chi connectivity index (χ3n) is 5.23. The zero-order chi connectivity index (χ0) is 22.8. The van der Waals surface area contributed by atoms with Gasteiger partial charge in [-0.05, 0) is 46.7 Å². The molecule has 0 saturated heterocycles. The minimum atomic E-state index is -0.120. The quantitative estimate of drug-likeness (QED) is 0.344. The summed E-state index contributed by atoms with van der Waals surface area (Å²) < 4.78 is 1.75. The number of benzene rings is 2. The predicted molar refractivity (Wildman–Crippen MR) is 134 cm³/mol. The highest BCUT2D eigenvalue weighted by atomic mass is 32.1. The highest BCUT2D eigenvalue weighted by Crippen LogP contribution is 2.29.